The Labute approximate surface area is 142 Å². The molecule has 3 unspecified atom stereocenters. The van der Waals surface area contributed by atoms with Gasteiger partial charge in [0.05, 0.1) is 18.8 Å². The van der Waals surface area contributed by atoms with Crippen molar-refractivity contribution in [3.8, 4) is 0 Å². The van der Waals surface area contributed by atoms with Gasteiger partial charge in [-0.25, -0.2) is 0 Å². The number of carbonyl (C=O) groups is 1. The molecule has 136 valence electrons. The summed E-state index contributed by atoms with van der Waals surface area (Å²) >= 11 is 0. The smallest absolute Gasteiger partial charge is 0.274 e. The number of nitrogens with one attached hydrogen (secondary N) is 1. The summed E-state index contributed by atoms with van der Waals surface area (Å²) in [6.45, 7) is 1.92. The fraction of sp³-hybridized carbons (Fsp3) is 0.938. The fourth-order valence-electron chi connectivity index (χ4n) is 5.68. The highest BCUT2D eigenvalue weighted by atomic mass is 32.2. The van der Waals surface area contributed by atoms with Gasteiger partial charge in [0.1, 0.15) is 6.10 Å². The average molecular weight is 359 g/mol. The lowest BCUT2D eigenvalue weighted by Crippen LogP contribution is -2.60. The van der Waals surface area contributed by atoms with Crippen LogP contribution >= 0.6 is 0 Å². The van der Waals surface area contributed by atoms with Crippen LogP contribution in [0.5, 0.6) is 0 Å². The number of amides is 1. The summed E-state index contributed by atoms with van der Waals surface area (Å²) in [7, 11) is -4.28. The number of ether oxygens (including phenoxy) is 2. The Morgan fingerprint density at radius 2 is 1.92 bits per heavy atom. The Morgan fingerprint density at radius 1 is 1.25 bits per heavy atom. The summed E-state index contributed by atoms with van der Waals surface area (Å²) in [5, 5.41) is 2.73. The molecule has 7 nitrogen and oxygen atoms in total. The molecule has 1 aliphatic heterocycles. The first kappa shape index (κ1) is 16.8. The van der Waals surface area contributed by atoms with Gasteiger partial charge >= 0.3 is 0 Å². The third-order valence-electron chi connectivity index (χ3n) is 6.08. The van der Waals surface area contributed by atoms with Crippen LogP contribution in [0, 0.1) is 17.3 Å². The van der Waals surface area contributed by atoms with E-state index in [0.29, 0.717) is 25.0 Å². The van der Waals surface area contributed by atoms with Crippen molar-refractivity contribution in [1.82, 2.24) is 5.32 Å². The molecule has 5 fully saturated rings. The molecule has 1 amide bonds. The summed E-state index contributed by atoms with van der Waals surface area (Å²) in [4.78, 5) is 11.8. The summed E-state index contributed by atoms with van der Waals surface area (Å²) in [6, 6.07) is 0. The Morgan fingerprint density at radius 3 is 2.50 bits per heavy atom. The Bertz CT molecular complexity index is 614. The van der Waals surface area contributed by atoms with Gasteiger partial charge < -0.3 is 14.8 Å². The van der Waals surface area contributed by atoms with Crippen LogP contribution in [0.15, 0.2) is 0 Å². The number of hydrogen-bond acceptors (Lipinski definition) is 5. The predicted octanol–water partition coefficient (Wildman–Crippen LogP) is 0.745. The minimum absolute atomic E-state index is 0.00334. The molecule has 0 radical (unpaired) electrons. The van der Waals surface area contributed by atoms with Crippen molar-refractivity contribution in [3.05, 3.63) is 0 Å². The molecule has 0 aromatic rings. The Balaban J connectivity index is 1.41. The van der Waals surface area contributed by atoms with Gasteiger partial charge in [0, 0.05) is 6.54 Å². The van der Waals surface area contributed by atoms with Crippen LogP contribution in [0.4, 0.5) is 0 Å². The molecule has 1 heterocycles. The van der Waals surface area contributed by atoms with Gasteiger partial charge in [-0.05, 0) is 55.8 Å². The molecule has 4 bridgehead atoms. The number of hydrogen-bond donors (Lipinski definition) is 2. The third-order valence-corrected chi connectivity index (χ3v) is 6.71. The highest BCUT2D eigenvalue weighted by Gasteiger charge is 2.58. The zero-order chi connectivity index (χ0) is 17.0. The SMILES string of the molecule is O=C(CS(=O)(=O)O)NCC12CC3CC(C1)CC(OCC1CO1)(C3)C2. The van der Waals surface area contributed by atoms with Crippen molar-refractivity contribution in [2.45, 2.75) is 50.2 Å². The third kappa shape index (κ3) is 3.61. The maximum atomic E-state index is 11.8. The molecule has 4 aliphatic carbocycles. The van der Waals surface area contributed by atoms with Crippen molar-refractivity contribution in [1.29, 1.82) is 0 Å². The van der Waals surface area contributed by atoms with E-state index < -0.39 is 21.8 Å². The van der Waals surface area contributed by atoms with Crippen molar-refractivity contribution < 1.29 is 27.2 Å². The van der Waals surface area contributed by atoms with Crippen molar-refractivity contribution in [3.63, 3.8) is 0 Å². The molecule has 0 aromatic heterocycles. The number of carbonyl (C=O) groups excluding carboxylic acids is 1. The lowest BCUT2D eigenvalue weighted by atomic mass is 9.48. The van der Waals surface area contributed by atoms with Crippen LogP contribution in [0.3, 0.4) is 0 Å². The van der Waals surface area contributed by atoms with Gasteiger partial charge in [0.2, 0.25) is 5.91 Å². The molecule has 0 aromatic carbocycles. The van der Waals surface area contributed by atoms with Gasteiger partial charge in [-0.15, -0.1) is 0 Å². The van der Waals surface area contributed by atoms with Crippen molar-refractivity contribution in [2.75, 3.05) is 25.5 Å². The molecule has 8 heteroatoms. The summed E-state index contributed by atoms with van der Waals surface area (Å²) in [6.07, 6.45) is 6.75. The van der Waals surface area contributed by atoms with Gasteiger partial charge in [-0.2, -0.15) is 8.42 Å². The molecule has 2 N–H and O–H groups in total. The molecule has 3 atom stereocenters. The van der Waals surface area contributed by atoms with E-state index in [4.69, 9.17) is 14.0 Å². The van der Waals surface area contributed by atoms with E-state index in [9.17, 15) is 13.2 Å². The summed E-state index contributed by atoms with van der Waals surface area (Å²) in [5.41, 5.74) is -0.0901. The van der Waals surface area contributed by atoms with E-state index in [2.05, 4.69) is 5.32 Å². The highest BCUT2D eigenvalue weighted by Crippen LogP contribution is 2.62. The van der Waals surface area contributed by atoms with Crippen LogP contribution in [-0.2, 0) is 24.4 Å². The molecular weight excluding hydrogens is 334 g/mol. The van der Waals surface area contributed by atoms with E-state index in [0.717, 1.165) is 38.7 Å². The summed E-state index contributed by atoms with van der Waals surface area (Å²) in [5.74, 6) is -0.236. The lowest BCUT2D eigenvalue weighted by molar-refractivity contribution is -0.193. The van der Waals surface area contributed by atoms with Crippen LogP contribution in [0.1, 0.15) is 38.5 Å². The summed E-state index contributed by atoms with van der Waals surface area (Å²) < 4.78 is 42.0. The molecule has 0 spiro atoms. The van der Waals surface area contributed by atoms with Crippen LogP contribution in [-0.4, -0.2) is 56.1 Å². The van der Waals surface area contributed by atoms with Crippen LogP contribution in [0.25, 0.3) is 0 Å². The standard InChI is InChI=1S/C16H25NO6S/c18-14(8-24(19,20)21)17-10-15-2-11-1-12(3-15)5-16(4-11,9-15)23-7-13-6-22-13/h11-13H,1-10H2,(H,17,18)(H,19,20,21). The first-order valence-electron chi connectivity index (χ1n) is 8.72. The lowest BCUT2D eigenvalue weighted by Gasteiger charge is -2.61. The fourth-order valence-corrected chi connectivity index (χ4v) is 6.11. The Hall–Kier alpha value is -0.700. The second kappa shape index (κ2) is 5.65. The normalized spacial score (nSPS) is 43.0. The van der Waals surface area contributed by atoms with Crippen molar-refractivity contribution >= 4 is 16.0 Å². The second-order valence-corrected chi connectivity index (χ2v) is 9.87. The first-order chi connectivity index (χ1) is 11.3. The largest absolute Gasteiger partial charge is 0.372 e. The molecule has 1 saturated heterocycles. The zero-order valence-corrected chi connectivity index (χ0v) is 14.5. The molecule has 5 rings (SSSR count). The van der Waals surface area contributed by atoms with E-state index in [1.165, 1.54) is 6.42 Å². The van der Waals surface area contributed by atoms with Crippen LogP contribution < -0.4 is 5.32 Å². The minimum atomic E-state index is -4.28. The van der Waals surface area contributed by atoms with Gasteiger partial charge in [0.25, 0.3) is 10.1 Å². The van der Waals surface area contributed by atoms with Gasteiger partial charge in [-0.1, -0.05) is 0 Å². The maximum Gasteiger partial charge on any atom is 0.274 e. The van der Waals surface area contributed by atoms with E-state index >= 15 is 0 Å². The topological polar surface area (TPSA) is 105 Å². The monoisotopic (exact) mass is 359 g/mol. The molecule has 24 heavy (non-hydrogen) atoms. The highest BCUT2D eigenvalue weighted by molar-refractivity contribution is 7.86. The first-order valence-corrected chi connectivity index (χ1v) is 10.3. The van der Waals surface area contributed by atoms with Crippen molar-refractivity contribution in [2.24, 2.45) is 17.3 Å². The predicted molar refractivity (Wildman–Crippen MR) is 85.0 cm³/mol. The minimum Gasteiger partial charge on any atom is -0.372 e. The van der Waals surface area contributed by atoms with E-state index in [1.54, 1.807) is 0 Å². The number of epoxide rings is 1. The molecule has 4 saturated carbocycles. The van der Waals surface area contributed by atoms with Gasteiger partial charge in [-0.3, -0.25) is 9.35 Å². The average Bonchev–Trinajstić information content (AvgIpc) is 3.24. The zero-order valence-electron chi connectivity index (χ0n) is 13.7. The van der Waals surface area contributed by atoms with Gasteiger partial charge in [0.15, 0.2) is 5.75 Å². The van der Waals surface area contributed by atoms with E-state index in [1.807, 2.05) is 0 Å². The molecular formula is C16H25NO6S. The quantitative estimate of drug-likeness (QED) is 0.513. The van der Waals surface area contributed by atoms with E-state index in [-0.39, 0.29) is 17.1 Å². The maximum absolute atomic E-state index is 11.8. The van der Waals surface area contributed by atoms with Crippen LogP contribution in [0.2, 0.25) is 0 Å². The second-order valence-electron chi connectivity index (χ2n) is 8.41. The molecule has 5 aliphatic rings. The Kier molecular flexibility index (Phi) is 3.95. The number of rotatable bonds is 7.